The van der Waals surface area contributed by atoms with Crippen molar-refractivity contribution in [1.29, 1.82) is 0 Å². The van der Waals surface area contributed by atoms with Gasteiger partial charge in [-0.2, -0.15) is 4.39 Å². The lowest BCUT2D eigenvalue weighted by Gasteiger charge is -2.45. The van der Waals surface area contributed by atoms with Crippen molar-refractivity contribution in [2.24, 2.45) is 0 Å². The number of carbonyl (C=O) groups excluding carboxylic acids is 1. The Hall–Kier alpha value is -3.40. The highest BCUT2D eigenvalue weighted by Gasteiger charge is 2.38. The van der Waals surface area contributed by atoms with Gasteiger partial charge in [0.15, 0.2) is 11.6 Å². The third-order valence-corrected chi connectivity index (χ3v) is 6.43. The van der Waals surface area contributed by atoms with Crippen molar-refractivity contribution in [2.75, 3.05) is 6.54 Å². The lowest BCUT2D eigenvalue weighted by Crippen LogP contribution is -2.60. The summed E-state index contributed by atoms with van der Waals surface area (Å²) >= 11 is 0. The number of aromatic nitrogens is 3. The van der Waals surface area contributed by atoms with Crippen molar-refractivity contribution >= 4 is 16.9 Å². The quantitative estimate of drug-likeness (QED) is 0.516. The minimum absolute atomic E-state index is 0.0189. The lowest BCUT2D eigenvalue weighted by molar-refractivity contribution is -0.0437. The number of nitrogens with one attached hydrogen (secondary N) is 2. The summed E-state index contributed by atoms with van der Waals surface area (Å²) < 4.78 is 35.3. The molecule has 5 rings (SSSR count). The van der Waals surface area contributed by atoms with Gasteiger partial charge < -0.3 is 15.0 Å². The van der Waals surface area contributed by atoms with E-state index in [0.29, 0.717) is 36.3 Å². The molecule has 8 nitrogen and oxygen atoms in total. The smallest absolute Gasteiger partial charge is 0.270 e. The zero-order valence-corrected chi connectivity index (χ0v) is 18.9. The molecule has 2 aliphatic rings. The Kier molecular flexibility index (Phi) is 5.76. The number of likely N-dealkylation sites (tertiary alicyclic amines) is 1. The van der Waals surface area contributed by atoms with E-state index in [0.717, 1.165) is 12.8 Å². The second kappa shape index (κ2) is 8.75. The van der Waals surface area contributed by atoms with Crippen molar-refractivity contribution in [3.8, 4) is 5.75 Å². The Morgan fingerprint density at radius 3 is 2.71 bits per heavy atom. The average molecular weight is 469 g/mol. The second-order valence-corrected chi connectivity index (χ2v) is 8.86. The highest BCUT2D eigenvalue weighted by Crippen LogP contribution is 2.29. The predicted molar refractivity (Wildman–Crippen MR) is 121 cm³/mol. The maximum atomic E-state index is 15.1. The maximum absolute atomic E-state index is 15.1. The largest absolute Gasteiger partial charge is 0.483 e. The number of aryl methyl sites for hydroxylation is 1. The van der Waals surface area contributed by atoms with Crippen LogP contribution in [0.25, 0.3) is 11.0 Å². The van der Waals surface area contributed by atoms with E-state index in [1.54, 1.807) is 12.1 Å². The molecule has 0 radical (unpaired) electrons. The molecule has 1 aromatic carbocycles. The molecule has 0 spiro atoms. The fourth-order valence-corrected chi connectivity index (χ4v) is 4.06. The van der Waals surface area contributed by atoms with E-state index in [-0.39, 0.29) is 40.7 Å². The third-order valence-electron chi connectivity index (χ3n) is 6.43. The topological polar surface area (TPSA) is 100 Å². The van der Waals surface area contributed by atoms with Crippen LogP contribution in [0.4, 0.5) is 8.78 Å². The highest BCUT2D eigenvalue weighted by atomic mass is 19.1. The zero-order valence-electron chi connectivity index (χ0n) is 18.9. The van der Waals surface area contributed by atoms with E-state index >= 15 is 4.39 Å². The fourth-order valence-electron chi connectivity index (χ4n) is 4.06. The van der Waals surface area contributed by atoms with Gasteiger partial charge in [0, 0.05) is 30.7 Å². The van der Waals surface area contributed by atoms with Crippen molar-refractivity contribution in [3.05, 3.63) is 63.3 Å². The van der Waals surface area contributed by atoms with Crippen LogP contribution in [0.1, 0.15) is 48.4 Å². The number of amides is 1. The van der Waals surface area contributed by atoms with Gasteiger partial charge in [0.25, 0.3) is 17.4 Å². The number of halogens is 2. The van der Waals surface area contributed by atoms with Gasteiger partial charge in [0.2, 0.25) is 0 Å². The number of pyridine rings is 1. The molecule has 34 heavy (non-hydrogen) atoms. The summed E-state index contributed by atoms with van der Waals surface area (Å²) in [4.78, 5) is 36.7. The van der Waals surface area contributed by atoms with Crippen LogP contribution in [-0.2, 0) is 13.0 Å². The Balaban J connectivity index is 1.23. The molecule has 2 aromatic heterocycles. The SMILES string of the molecule is CCc1nc2ccc(CN3C[C@H](Oc4ccc(C(=O)NC5CC5)nc4F)[C@H]3C)c(F)c2[nH]c1=O. The Morgan fingerprint density at radius 2 is 2.03 bits per heavy atom. The molecule has 178 valence electrons. The van der Waals surface area contributed by atoms with E-state index in [1.165, 1.54) is 12.1 Å². The van der Waals surface area contributed by atoms with E-state index < -0.39 is 17.7 Å². The molecule has 1 amide bonds. The molecule has 3 heterocycles. The maximum Gasteiger partial charge on any atom is 0.270 e. The number of H-pyrrole nitrogens is 1. The van der Waals surface area contributed by atoms with Crippen molar-refractivity contribution in [1.82, 2.24) is 25.2 Å². The molecule has 0 bridgehead atoms. The molecule has 1 saturated carbocycles. The minimum Gasteiger partial charge on any atom is -0.483 e. The number of aromatic amines is 1. The molecule has 3 aromatic rings. The Morgan fingerprint density at radius 1 is 1.24 bits per heavy atom. The zero-order chi connectivity index (χ0) is 24.0. The predicted octanol–water partition coefficient (Wildman–Crippen LogP) is 2.70. The van der Waals surface area contributed by atoms with E-state index in [4.69, 9.17) is 4.74 Å². The van der Waals surface area contributed by atoms with Crippen LogP contribution in [0, 0.1) is 11.8 Å². The standard InChI is InChI=1S/C24H25F2N5O3/c1-3-15-23(32)30-21-16(28-15)7-4-13(20(21)25)10-31-11-19(12(31)2)34-18-9-8-17(29-22(18)26)24(33)27-14-5-6-14/h4,7-9,12,14,19H,3,5-6,10-11H2,1-2H3,(H,27,33)(H,30,32)/t12-,19+/m1/s1. The molecule has 1 aliphatic heterocycles. The van der Waals surface area contributed by atoms with E-state index in [9.17, 15) is 14.0 Å². The number of hydrogen-bond acceptors (Lipinski definition) is 6. The van der Waals surface area contributed by atoms with Gasteiger partial charge in [-0.3, -0.25) is 14.5 Å². The molecule has 2 N–H and O–H groups in total. The number of rotatable bonds is 7. The van der Waals surface area contributed by atoms with Gasteiger partial charge in [0.1, 0.15) is 23.0 Å². The molecule has 2 fully saturated rings. The summed E-state index contributed by atoms with van der Waals surface area (Å²) in [6.45, 7) is 4.50. The summed E-state index contributed by atoms with van der Waals surface area (Å²) in [5.74, 6) is -1.75. The monoisotopic (exact) mass is 469 g/mol. The van der Waals surface area contributed by atoms with Crippen LogP contribution >= 0.6 is 0 Å². The summed E-state index contributed by atoms with van der Waals surface area (Å²) in [7, 11) is 0. The normalized spacial score (nSPS) is 20.2. The van der Waals surface area contributed by atoms with Crippen LogP contribution in [0.2, 0.25) is 0 Å². The Bertz CT molecular complexity index is 1320. The number of ether oxygens (including phenoxy) is 1. The molecule has 1 saturated heterocycles. The summed E-state index contributed by atoms with van der Waals surface area (Å²) in [5.41, 5.74) is 0.939. The Labute approximate surface area is 194 Å². The van der Waals surface area contributed by atoms with Crippen LogP contribution in [0.3, 0.4) is 0 Å². The lowest BCUT2D eigenvalue weighted by atomic mass is 9.99. The first-order valence-corrected chi connectivity index (χ1v) is 11.4. The first kappa shape index (κ1) is 22.4. The van der Waals surface area contributed by atoms with Crippen LogP contribution < -0.4 is 15.6 Å². The molecule has 0 unspecified atom stereocenters. The fraction of sp³-hybridized carbons (Fsp3) is 0.417. The van der Waals surface area contributed by atoms with Gasteiger partial charge in [0.05, 0.1) is 5.52 Å². The van der Waals surface area contributed by atoms with Crippen molar-refractivity contribution in [2.45, 2.75) is 57.8 Å². The van der Waals surface area contributed by atoms with Gasteiger partial charge in [-0.1, -0.05) is 13.0 Å². The van der Waals surface area contributed by atoms with Gasteiger partial charge >= 0.3 is 0 Å². The highest BCUT2D eigenvalue weighted by molar-refractivity contribution is 5.92. The summed E-state index contributed by atoms with van der Waals surface area (Å²) in [6, 6.07) is 6.28. The first-order valence-electron chi connectivity index (χ1n) is 11.4. The second-order valence-electron chi connectivity index (χ2n) is 8.86. The number of hydrogen-bond donors (Lipinski definition) is 2. The van der Waals surface area contributed by atoms with Crippen LogP contribution in [0.15, 0.2) is 29.1 Å². The van der Waals surface area contributed by atoms with E-state index in [2.05, 4.69) is 20.3 Å². The summed E-state index contributed by atoms with van der Waals surface area (Å²) in [6.07, 6.45) is 2.03. The van der Waals surface area contributed by atoms with Gasteiger partial charge in [-0.25, -0.2) is 14.4 Å². The molecular weight excluding hydrogens is 444 g/mol. The summed E-state index contributed by atoms with van der Waals surface area (Å²) in [5, 5.41) is 2.77. The van der Waals surface area contributed by atoms with Crippen molar-refractivity contribution < 1.29 is 18.3 Å². The molecule has 1 aliphatic carbocycles. The third kappa shape index (κ3) is 4.25. The van der Waals surface area contributed by atoms with Gasteiger partial charge in [-0.05, 0) is 44.4 Å². The average Bonchev–Trinajstić information content (AvgIpc) is 3.64. The minimum atomic E-state index is -0.836. The molecule has 2 atom stereocenters. The molecular formula is C24H25F2N5O3. The van der Waals surface area contributed by atoms with Gasteiger partial charge in [-0.15, -0.1) is 0 Å². The number of carbonyl (C=O) groups is 1. The first-order chi connectivity index (χ1) is 16.3. The molecule has 10 heteroatoms. The van der Waals surface area contributed by atoms with E-state index in [1.807, 2.05) is 18.7 Å². The van der Waals surface area contributed by atoms with Crippen LogP contribution in [0.5, 0.6) is 5.75 Å². The van der Waals surface area contributed by atoms with Crippen LogP contribution in [-0.4, -0.2) is 50.5 Å². The number of fused-ring (bicyclic) bond motifs is 1. The number of nitrogens with zero attached hydrogens (tertiary/aromatic N) is 3. The van der Waals surface area contributed by atoms with Crippen molar-refractivity contribution in [3.63, 3.8) is 0 Å². The number of benzene rings is 1.